The van der Waals surface area contributed by atoms with Crippen LogP contribution in [0.3, 0.4) is 0 Å². The fourth-order valence-electron chi connectivity index (χ4n) is 3.49. The van der Waals surface area contributed by atoms with E-state index >= 15 is 0 Å². The van der Waals surface area contributed by atoms with Crippen molar-refractivity contribution in [3.05, 3.63) is 66.7 Å². The Morgan fingerprint density at radius 1 is 1.06 bits per heavy atom. The molecule has 1 N–H and O–H groups in total. The SMILES string of the molecule is CC(C)(C)OC(=O)N1CCN(c2ccc(/C=N/Nc3ccc(-c4cnco4)cc3)cc2)CC1. The quantitative estimate of drug-likeness (QED) is 0.445. The first-order valence-electron chi connectivity index (χ1n) is 11.0. The highest BCUT2D eigenvalue weighted by Gasteiger charge is 2.25. The van der Waals surface area contributed by atoms with Crippen LogP contribution in [-0.4, -0.2) is 54.0 Å². The summed E-state index contributed by atoms with van der Waals surface area (Å²) in [7, 11) is 0. The molecule has 0 saturated carbocycles. The van der Waals surface area contributed by atoms with Crippen LogP contribution in [0.5, 0.6) is 0 Å². The normalized spacial score (nSPS) is 14.5. The number of benzene rings is 2. The molecule has 8 nitrogen and oxygen atoms in total. The van der Waals surface area contributed by atoms with Gasteiger partial charge in [-0.1, -0.05) is 12.1 Å². The van der Waals surface area contributed by atoms with E-state index in [4.69, 9.17) is 9.15 Å². The van der Waals surface area contributed by atoms with E-state index < -0.39 is 5.60 Å². The number of anilines is 2. The Hall–Kier alpha value is -3.81. The van der Waals surface area contributed by atoms with Crippen LogP contribution in [0.25, 0.3) is 11.3 Å². The second-order valence-corrected chi connectivity index (χ2v) is 8.86. The topological polar surface area (TPSA) is 83.2 Å². The van der Waals surface area contributed by atoms with Crippen molar-refractivity contribution >= 4 is 23.7 Å². The minimum Gasteiger partial charge on any atom is -0.444 e. The average Bonchev–Trinajstić information content (AvgIpc) is 3.34. The van der Waals surface area contributed by atoms with Crippen molar-refractivity contribution < 1.29 is 13.9 Å². The van der Waals surface area contributed by atoms with Gasteiger partial charge in [0.15, 0.2) is 12.2 Å². The molecule has 0 unspecified atom stereocenters. The third kappa shape index (κ3) is 6.12. The standard InChI is InChI=1S/C25H29N5O3/c1-25(2,3)33-24(31)30-14-12-29(13-15-30)22-10-4-19(5-11-22)16-27-28-21-8-6-20(7-9-21)23-17-26-18-32-23/h4-11,16-18,28H,12-15H2,1-3H3/b27-16+. The second-order valence-electron chi connectivity index (χ2n) is 8.86. The van der Waals surface area contributed by atoms with E-state index in [-0.39, 0.29) is 6.09 Å². The van der Waals surface area contributed by atoms with Gasteiger partial charge in [-0.3, -0.25) is 5.43 Å². The van der Waals surface area contributed by atoms with E-state index in [0.29, 0.717) is 13.1 Å². The number of rotatable bonds is 5. The molecule has 3 aromatic rings. The number of aromatic nitrogens is 1. The summed E-state index contributed by atoms with van der Waals surface area (Å²) in [5, 5.41) is 4.32. The number of hydrazone groups is 1. The zero-order valence-electron chi connectivity index (χ0n) is 19.2. The molecule has 2 aromatic carbocycles. The van der Waals surface area contributed by atoms with Crippen LogP contribution in [0, 0.1) is 0 Å². The van der Waals surface area contributed by atoms with Crippen molar-refractivity contribution in [2.45, 2.75) is 26.4 Å². The molecule has 1 aliphatic rings. The molecule has 1 aromatic heterocycles. The molecular weight excluding hydrogens is 418 g/mol. The molecule has 1 fully saturated rings. The smallest absolute Gasteiger partial charge is 0.410 e. The van der Waals surface area contributed by atoms with E-state index in [1.165, 1.54) is 6.39 Å². The van der Waals surface area contributed by atoms with E-state index in [1.54, 1.807) is 17.3 Å². The van der Waals surface area contributed by atoms with Crippen molar-refractivity contribution in [1.82, 2.24) is 9.88 Å². The van der Waals surface area contributed by atoms with Crippen molar-refractivity contribution in [2.75, 3.05) is 36.5 Å². The molecule has 0 spiro atoms. The molecule has 1 aliphatic heterocycles. The summed E-state index contributed by atoms with van der Waals surface area (Å²) in [6.45, 7) is 8.51. The lowest BCUT2D eigenvalue weighted by molar-refractivity contribution is 0.0240. The summed E-state index contributed by atoms with van der Waals surface area (Å²) in [5.74, 6) is 0.733. The zero-order valence-corrected chi connectivity index (χ0v) is 19.2. The minimum absolute atomic E-state index is 0.242. The van der Waals surface area contributed by atoms with Crippen LogP contribution in [-0.2, 0) is 4.74 Å². The van der Waals surface area contributed by atoms with Gasteiger partial charge in [0.25, 0.3) is 0 Å². The number of piperazine rings is 1. The largest absolute Gasteiger partial charge is 0.444 e. The van der Waals surface area contributed by atoms with Gasteiger partial charge < -0.3 is 19.0 Å². The first-order valence-corrected chi connectivity index (χ1v) is 11.0. The van der Waals surface area contributed by atoms with Gasteiger partial charge in [-0.2, -0.15) is 5.10 Å². The number of hydrogen-bond acceptors (Lipinski definition) is 7. The van der Waals surface area contributed by atoms with E-state index in [1.807, 2.05) is 57.2 Å². The highest BCUT2D eigenvalue weighted by atomic mass is 16.6. The monoisotopic (exact) mass is 447 g/mol. The number of amides is 1. The molecule has 8 heteroatoms. The Morgan fingerprint density at radius 2 is 1.76 bits per heavy atom. The summed E-state index contributed by atoms with van der Waals surface area (Å²) in [6.07, 6.45) is 4.65. The first-order chi connectivity index (χ1) is 15.9. The number of nitrogens with one attached hydrogen (secondary N) is 1. The molecule has 0 aliphatic carbocycles. The summed E-state index contributed by atoms with van der Waals surface area (Å²) in [6, 6.07) is 16.0. The maximum absolute atomic E-state index is 12.2. The van der Waals surface area contributed by atoms with Gasteiger partial charge in [-0.25, -0.2) is 9.78 Å². The fourth-order valence-corrected chi connectivity index (χ4v) is 3.49. The lowest BCUT2D eigenvalue weighted by Gasteiger charge is -2.36. The summed E-state index contributed by atoms with van der Waals surface area (Å²) in [4.78, 5) is 20.2. The molecule has 33 heavy (non-hydrogen) atoms. The Kier molecular flexibility index (Phi) is 6.63. The molecule has 172 valence electrons. The van der Waals surface area contributed by atoms with Crippen LogP contribution in [0.4, 0.5) is 16.2 Å². The third-order valence-corrected chi connectivity index (χ3v) is 5.20. The van der Waals surface area contributed by atoms with Crippen LogP contribution in [0.1, 0.15) is 26.3 Å². The molecule has 4 rings (SSSR count). The van der Waals surface area contributed by atoms with Crippen molar-refractivity contribution in [2.24, 2.45) is 5.10 Å². The van der Waals surface area contributed by atoms with Crippen LogP contribution in [0.2, 0.25) is 0 Å². The molecule has 2 heterocycles. The van der Waals surface area contributed by atoms with Gasteiger partial charge in [0, 0.05) is 37.4 Å². The number of hydrogen-bond donors (Lipinski definition) is 1. The first kappa shape index (κ1) is 22.4. The molecule has 1 saturated heterocycles. The molecule has 0 atom stereocenters. The van der Waals surface area contributed by atoms with Gasteiger partial charge in [-0.05, 0) is 62.7 Å². The number of ether oxygens (including phenoxy) is 1. The third-order valence-electron chi connectivity index (χ3n) is 5.20. The maximum atomic E-state index is 12.2. The molecule has 1 amide bonds. The molecule has 0 bridgehead atoms. The summed E-state index contributed by atoms with van der Waals surface area (Å²) >= 11 is 0. The zero-order chi connectivity index (χ0) is 23.3. The summed E-state index contributed by atoms with van der Waals surface area (Å²) in [5.41, 5.74) is 6.54. The number of carbonyl (C=O) groups is 1. The number of nitrogens with zero attached hydrogens (tertiary/aromatic N) is 4. The fraction of sp³-hybridized carbons (Fsp3) is 0.320. The van der Waals surface area contributed by atoms with Crippen LogP contribution < -0.4 is 10.3 Å². The highest BCUT2D eigenvalue weighted by molar-refractivity contribution is 5.81. The summed E-state index contributed by atoms with van der Waals surface area (Å²) < 4.78 is 10.8. The van der Waals surface area contributed by atoms with E-state index in [2.05, 4.69) is 32.5 Å². The highest BCUT2D eigenvalue weighted by Crippen LogP contribution is 2.21. The Morgan fingerprint density at radius 3 is 2.36 bits per heavy atom. The van der Waals surface area contributed by atoms with Gasteiger partial charge >= 0.3 is 6.09 Å². The van der Waals surface area contributed by atoms with Crippen LogP contribution in [0.15, 0.2) is 70.6 Å². The predicted molar refractivity (Wildman–Crippen MR) is 130 cm³/mol. The number of carbonyl (C=O) groups excluding carboxylic acids is 1. The molecule has 0 radical (unpaired) electrons. The lowest BCUT2D eigenvalue weighted by Crippen LogP contribution is -2.50. The average molecular weight is 448 g/mol. The van der Waals surface area contributed by atoms with Gasteiger partial charge in [-0.15, -0.1) is 0 Å². The second kappa shape index (κ2) is 9.77. The van der Waals surface area contributed by atoms with Crippen molar-refractivity contribution in [3.8, 4) is 11.3 Å². The van der Waals surface area contributed by atoms with E-state index in [9.17, 15) is 4.79 Å². The van der Waals surface area contributed by atoms with Gasteiger partial charge in [0.05, 0.1) is 18.1 Å². The predicted octanol–water partition coefficient (Wildman–Crippen LogP) is 4.84. The van der Waals surface area contributed by atoms with Gasteiger partial charge in [0.2, 0.25) is 0 Å². The van der Waals surface area contributed by atoms with Crippen molar-refractivity contribution in [1.29, 1.82) is 0 Å². The molecular formula is C25H29N5O3. The van der Waals surface area contributed by atoms with Gasteiger partial charge in [0.1, 0.15) is 5.60 Å². The Bertz CT molecular complexity index is 1060. The maximum Gasteiger partial charge on any atom is 0.410 e. The number of oxazole rings is 1. The van der Waals surface area contributed by atoms with Crippen LogP contribution >= 0.6 is 0 Å². The lowest BCUT2D eigenvalue weighted by atomic mass is 10.2. The Balaban J connectivity index is 1.26. The van der Waals surface area contributed by atoms with Crippen molar-refractivity contribution in [3.63, 3.8) is 0 Å². The van der Waals surface area contributed by atoms with E-state index in [0.717, 1.165) is 41.4 Å². The Labute approximate surface area is 193 Å². The minimum atomic E-state index is -0.471.